The highest BCUT2D eigenvalue weighted by Gasteiger charge is 2.63. The lowest BCUT2D eigenvalue weighted by Gasteiger charge is -2.22. The van der Waals surface area contributed by atoms with E-state index >= 15 is 0 Å². The third-order valence-corrected chi connectivity index (χ3v) is 2.69. The summed E-state index contributed by atoms with van der Waals surface area (Å²) < 4.78 is 43.0. The molecular formula is C9H11F3N4O. The number of nitrogens with zero attached hydrogens (tertiary/aromatic N) is 2. The van der Waals surface area contributed by atoms with Gasteiger partial charge in [0, 0.05) is 0 Å². The molecule has 1 saturated carbocycles. The first-order chi connectivity index (χ1) is 7.89. The van der Waals surface area contributed by atoms with Gasteiger partial charge in [0.2, 0.25) is 5.88 Å². The van der Waals surface area contributed by atoms with Crippen LogP contribution in [0.5, 0.6) is 5.88 Å². The first-order valence-electron chi connectivity index (χ1n) is 4.89. The van der Waals surface area contributed by atoms with Gasteiger partial charge in [0.1, 0.15) is 17.6 Å². The van der Waals surface area contributed by atoms with E-state index in [2.05, 4.69) is 15.3 Å². The summed E-state index contributed by atoms with van der Waals surface area (Å²) in [5, 5.41) is 2.33. The van der Waals surface area contributed by atoms with Crippen molar-refractivity contribution in [2.75, 3.05) is 18.2 Å². The number of nitrogen functional groups attached to an aromatic ring is 1. The maximum absolute atomic E-state index is 12.7. The highest BCUT2D eigenvalue weighted by atomic mass is 19.4. The topological polar surface area (TPSA) is 73.1 Å². The van der Waals surface area contributed by atoms with Gasteiger partial charge in [-0.15, -0.1) is 0 Å². The molecule has 0 radical (unpaired) electrons. The van der Waals surface area contributed by atoms with Gasteiger partial charge in [-0.3, -0.25) is 0 Å². The second-order valence-corrected chi connectivity index (χ2v) is 3.85. The van der Waals surface area contributed by atoms with Crippen molar-refractivity contribution in [1.82, 2.24) is 9.97 Å². The number of hydrogen-bond acceptors (Lipinski definition) is 5. The number of nitrogens with one attached hydrogen (secondary N) is 1. The van der Waals surface area contributed by atoms with Crippen LogP contribution in [-0.4, -0.2) is 28.8 Å². The number of nitrogens with two attached hydrogens (primary N) is 1. The zero-order valence-electron chi connectivity index (χ0n) is 9.01. The SMILES string of the molecule is COc1ncnc(NC2(C(F)(F)F)CC2)c1N. The summed E-state index contributed by atoms with van der Waals surface area (Å²) in [5.41, 5.74) is 3.67. The van der Waals surface area contributed by atoms with Crippen LogP contribution in [0.3, 0.4) is 0 Å². The predicted molar refractivity (Wildman–Crippen MR) is 54.6 cm³/mol. The van der Waals surface area contributed by atoms with Crippen molar-refractivity contribution in [3.05, 3.63) is 6.33 Å². The van der Waals surface area contributed by atoms with Crippen molar-refractivity contribution < 1.29 is 17.9 Å². The van der Waals surface area contributed by atoms with Gasteiger partial charge in [0.25, 0.3) is 0 Å². The Morgan fingerprint density at radius 3 is 2.53 bits per heavy atom. The Hall–Kier alpha value is -1.73. The molecule has 0 aromatic carbocycles. The smallest absolute Gasteiger partial charge is 0.411 e. The molecule has 5 nitrogen and oxygen atoms in total. The van der Waals surface area contributed by atoms with Crippen molar-refractivity contribution in [3.8, 4) is 5.88 Å². The van der Waals surface area contributed by atoms with Crippen LogP contribution in [-0.2, 0) is 0 Å². The summed E-state index contributed by atoms with van der Waals surface area (Å²) in [6, 6.07) is 0. The molecule has 8 heteroatoms. The quantitative estimate of drug-likeness (QED) is 0.849. The molecule has 1 aromatic heterocycles. The summed E-state index contributed by atoms with van der Waals surface area (Å²) in [6.45, 7) is 0. The molecule has 1 aromatic rings. The van der Waals surface area contributed by atoms with Crippen LogP contribution < -0.4 is 15.8 Å². The molecule has 1 aliphatic carbocycles. The Bertz CT molecular complexity index is 431. The number of ether oxygens (including phenoxy) is 1. The van der Waals surface area contributed by atoms with Gasteiger partial charge in [-0.05, 0) is 12.8 Å². The standard InChI is InChI=1S/C9H11F3N4O/c1-17-7-5(13)6(14-4-15-7)16-8(2-3-8)9(10,11)12/h4H,2-3,13H2,1H3,(H,14,15,16). The zero-order chi connectivity index (χ0) is 12.7. The van der Waals surface area contributed by atoms with Gasteiger partial charge in [-0.25, -0.2) is 4.98 Å². The first-order valence-corrected chi connectivity index (χ1v) is 4.89. The second-order valence-electron chi connectivity index (χ2n) is 3.85. The molecule has 17 heavy (non-hydrogen) atoms. The van der Waals surface area contributed by atoms with Crippen LogP contribution in [0.25, 0.3) is 0 Å². The zero-order valence-corrected chi connectivity index (χ0v) is 9.01. The summed E-state index contributed by atoms with van der Waals surface area (Å²) >= 11 is 0. The Morgan fingerprint density at radius 2 is 2.06 bits per heavy atom. The minimum absolute atomic E-state index is 0.0161. The van der Waals surface area contributed by atoms with Gasteiger partial charge in [0.05, 0.1) is 7.11 Å². The average molecular weight is 248 g/mol. The molecule has 2 rings (SSSR count). The van der Waals surface area contributed by atoms with Crippen LogP contribution in [0, 0.1) is 0 Å². The molecule has 0 atom stereocenters. The van der Waals surface area contributed by atoms with Crippen molar-refractivity contribution in [3.63, 3.8) is 0 Å². The van der Waals surface area contributed by atoms with Gasteiger partial charge < -0.3 is 15.8 Å². The highest BCUT2D eigenvalue weighted by Crippen LogP contribution is 2.51. The number of rotatable bonds is 3. The Morgan fingerprint density at radius 1 is 1.41 bits per heavy atom. The van der Waals surface area contributed by atoms with E-state index in [1.807, 2.05) is 0 Å². The fourth-order valence-corrected chi connectivity index (χ4v) is 1.47. The Balaban J connectivity index is 2.26. The molecule has 1 aliphatic rings. The lowest BCUT2D eigenvalue weighted by Crippen LogP contribution is -2.39. The second kappa shape index (κ2) is 3.64. The molecule has 0 bridgehead atoms. The highest BCUT2D eigenvalue weighted by molar-refractivity contribution is 5.67. The number of halogens is 3. The number of aromatic nitrogens is 2. The molecule has 1 fully saturated rings. The summed E-state index contributed by atoms with van der Waals surface area (Å²) in [7, 11) is 1.33. The molecular weight excluding hydrogens is 237 g/mol. The minimum atomic E-state index is -4.32. The van der Waals surface area contributed by atoms with E-state index in [1.165, 1.54) is 7.11 Å². The number of alkyl halides is 3. The van der Waals surface area contributed by atoms with E-state index in [9.17, 15) is 13.2 Å². The largest absolute Gasteiger partial charge is 0.479 e. The number of hydrogen-bond donors (Lipinski definition) is 2. The third kappa shape index (κ3) is 1.94. The van der Waals surface area contributed by atoms with Crippen molar-refractivity contribution >= 4 is 11.5 Å². The van der Waals surface area contributed by atoms with Crippen molar-refractivity contribution in [2.24, 2.45) is 0 Å². The van der Waals surface area contributed by atoms with E-state index in [0.29, 0.717) is 0 Å². The van der Waals surface area contributed by atoms with Gasteiger partial charge in [-0.2, -0.15) is 18.2 Å². The molecule has 0 aliphatic heterocycles. The molecule has 1 heterocycles. The predicted octanol–water partition coefficient (Wildman–Crippen LogP) is 1.57. The average Bonchev–Trinajstić information content (AvgIpc) is 3.01. The fourth-order valence-electron chi connectivity index (χ4n) is 1.47. The van der Waals surface area contributed by atoms with E-state index < -0.39 is 11.7 Å². The normalized spacial score (nSPS) is 17.6. The van der Waals surface area contributed by atoms with Crippen LogP contribution in [0.2, 0.25) is 0 Å². The van der Waals surface area contributed by atoms with Gasteiger partial charge in [0.15, 0.2) is 5.82 Å². The fraction of sp³-hybridized carbons (Fsp3) is 0.556. The molecule has 0 spiro atoms. The van der Waals surface area contributed by atoms with Crippen molar-refractivity contribution in [2.45, 2.75) is 24.6 Å². The third-order valence-electron chi connectivity index (χ3n) is 2.69. The van der Waals surface area contributed by atoms with E-state index in [1.54, 1.807) is 0 Å². The molecule has 94 valence electrons. The van der Waals surface area contributed by atoms with Gasteiger partial charge >= 0.3 is 6.18 Å². The molecule has 3 N–H and O–H groups in total. The molecule has 0 amide bonds. The first kappa shape index (κ1) is 11.7. The lowest BCUT2D eigenvalue weighted by atomic mass is 10.2. The molecule has 0 unspecified atom stereocenters. The lowest BCUT2D eigenvalue weighted by molar-refractivity contribution is -0.151. The van der Waals surface area contributed by atoms with Crippen LogP contribution >= 0.6 is 0 Å². The number of anilines is 2. The van der Waals surface area contributed by atoms with E-state index in [4.69, 9.17) is 10.5 Å². The maximum atomic E-state index is 12.7. The maximum Gasteiger partial charge on any atom is 0.411 e. The van der Waals surface area contributed by atoms with E-state index in [0.717, 1.165) is 6.33 Å². The van der Waals surface area contributed by atoms with Crippen molar-refractivity contribution in [1.29, 1.82) is 0 Å². The number of methoxy groups -OCH3 is 1. The monoisotopic (exact) mass is 248 g/mol. The van der Waals surface area contributed by atoms with Crippen LogP contribution in [0.4, 0.5) is 24.7 Å². The van der Waals surface area contributed by atoms with Crippen LogP contribution in [0.15, 0.2) is 6.33 Å². The van der Waals surface area contributed by atoms with E-state index in [-0.39, 0.29) is 30.2 Å². The Kier molecular flexibility index (Phi) is 2.52. The summed E-state index contributed by atoms with van der Waals surface area (Å²) in [5.74, 6) is 0.00662. The summed E-state index contributed by atoms with van der Waals surface area (Å²) in [6.07, 6.45) is -3.19. The molecule has 0 saturated heterocycles. The Labute approximate surface area is 95.2 Å². The minimum Gasteiger partial charge on any atom is -0.479 e. The van der Waals surface area contributed by atoms with Crippen LogP contribution in [0.1, 0.15) is 12.8 Å². The van der Waals surface area contributed by atoms with Gasteiger partial charge in [-0.1, -0.05) is 0 Å². The summed E-state index contributed by atoms with van der Waals surface area (Å²) in [4.78, 5) is 7.39.